The van der Waals surface area contributed by atoms with Crippen LogP contribution in [0.2, 0.25) is 0 Å². The Labute approximate surface area is 75.6 Å². The van der Waals surface area contributed by atoms with E-state index in [9.17, 15) is 8.42 Å². The monoisotopic (exact) mass is 193 g/mol. The van der Waals surface area contributed by atoms with E-state index in [2.05, 4.69) is 4.72 Å². The Morgan fingerprint density at radius 2 is 1.92 bits per heavy atom. The fourth-order valence-corrected chi connectivity index (χ4v) is 1.91. The van der Waals surface area contributed by atoms with Gasteiger partial charge < -0.3 is 0 Å². The summed E-state index contributed by atoms with van der Waals surface area (Å²) in [5.41, 5.74) is 0. The lowest BCUT2D eigenvalue weighted by Gasteiger charge is -2.10. The van der Waals surface area contributed by atoms with Crippen molar-refractivity contribution < 1.29 is 8.42 Å². The molecular formula is C8H19NO2S. The lowest BCUT2D eigenvalue weighted by atomic mass is 10.3. The molecule has 0 spiro atoms. The van der Waals surface area contributed by atoms with Crippen molar-refractivity contribution >= 4 is 10.0 Å². The first-order valence-corrected chi connectivity index (χ1v) is 6.07. The van der Waals surface area contributed by atoms with Crippen LogP contribution in [0.15, 0.2) is 0 Å². The van der Waals surface area contributed by atoms with Gasteiger partial charge in [0, 0.05) is 6.54 Å². The molecule has 3 nitrogen and oxygen atoms in total. The van der Waals surface area contributed by atoms with Gasteiger partial charge in [0.05, 0.1) is 5.25 Å². The fraction of sp³-hybridized carbons (Fsp3) is 1.00. The molecule has 0 aromatic carbocycles. The third-order valence-electron chi connectivity index (χ3n) is 1.94. The second kappa shape index (κ2) is 5.54. The van der Waals surface area contributed by atoms with Gasteiger partial charge in [0.25, 0.3) is 0 Å². The standard InChI is InChI=1S/C8H19NO2S/c1-4-6-7-9-12(10,11)8(3)5-2/h8-9H,4-7H2,1-3H3. The minimum Gasteiger partial charge on any atom is -0.215 e. The molecule has 12 heavy (non-hydrogen) atoms. The van der Waals surface area contributed by atoms with E-state index in [1.54, 1.807) is 6.92 Å². The average Bonchev–Trinajstić information content (AvgIpc) is 2.03. The highest BCUT2D eigenvalue weighted by Crippen LogP contribution is 2.02. The van der Waals surface area contributed by atoms with Crippen LogP contribution in [0.4, 0.5) is 0 Å². The maximum atomic E-state index is 11.3. The molecule has 0 rings (SSSR count). The van der Waals surface area contributed by atoms with E-state index in [1.165, 1.54) is 0 Å². The molecule has 0 amide bonds. The van der Waals surface area contributed by atoms with Crippen LogP contribution in [0.1, 0.15) is 40.0 Å². The molecule has 0 heterocycles. The summed E-state index contributed by atoms with van der Waals surface area (Å²) in [6, 6.07) is 0. The van der Waals surface area contributed by atoms with E-state index >= 15 is 0 Å². The van der Waals surface area contributed by atoms with Crippen LogP contribution in [-0.4, -0.2) is 20.2 Å². The molecule has 74 valence electrons. The van der Waals surface area contributed by atoms with Crippen LogP contribution >= 0.6 is 0 Å². The van der Waals surface area contributed by atoms with E-state index in [-0.39, 0.29) is 5.25 Å². The molecule has 1 atom stereocenters. The minimum absolute atomic E-state index is 0.269. The Kier molecular flexibility index (Phi) is 5.50. The molecule has 0 fully saturated rings. The molecule has 0 saturated carbocycles. The lowest BCUT2D eigenvalue weighted by Crippen LogP contribution is -2.32. The van der Waals surface area contributed by atoms with Crippen molar-refractivity contribution in [3.63, 3.8) is 0 Å². The maximum Gasteiger partial charge on any atom is 0.214 e. The summed E-state index contributed by atoms with van der Waals surface area (Å²) >= 11 is 0. The second-order valence-corrected chi connectivity index (χ2v) is 5.20. The van der Waals surface area contributed by atoms with E-state index in [4.69, 9.17) is 0 Å². The number of hydrogen-bond donors (Lipinski definition) is 1. The molecule has 0 aliphatic heterocycles. The van der Waals surface area contributed by atoms with Gasteiger partial charge >= 0.3 is 0 Å². The van der Waals surface area contributed by atoms with Crippen LogP contribution in [0, 0.1) is 0 Å². The van der Waals surface area contributed by atoms with Crippen LogP contribution in [0.5, 0.6) is 0 Å². The zero-order valence-corrected chi connectivity index (χ0v) is 8.95. The molecule has 4 heteroatoms. The van der Waals surface area contributed by atoms with E-state index in [0.717, 1.165) is 12.8 Å². The van der Waals surface area contributed by atoms with Crippen molar-refractivity contribution in [2.24, 2.45) is 0 Å². The van der Waals surface area contributed by atoms with Gasteiger partial charge in [-0.3, -0.25) is 0 Å². The largest absolute Gasteiger partial charge is 0.215 e. The normalized spacial score (nSPS) is 14.6. The summed E-state index contributed by atoms with van der Waals surface area (Å²) in [5, 5.41) is -0.269. The predicted octanol–water partition coefficient (Wildman–Crippen LogP) is 1.50. The Hall–Kier alpha value is -0.0900. The first-order valence-electron chi connectivity index (χ1n) is 4.53. The molecule has 0 saturated heterocycles. The highest BCUT2D eigenvalue weighted by atomic mass is 32.2. The SMILES string of the molecule is CCCCNS(=O)(=O)C(C)CC. The quantitative estimate of drug-likeness (QED) is 0.650. The summed E-state index contributed by atoms with van der Waals surface area (Å²) in [4.78, 5) is 0. The van der Waals surface area contributed by atoms with Gasteiger partial charge in [0.1, 0.15) is 0 Å². The third-order valence-corrected chi connectivity index (χ3v) is 3.94. The number of rotatable bonds is 6. The summed E-state index contributed by atoms with van der Waals surface area (Å²) in [6.45, 7) is 6.22. The predicted molar refractivity (Wildman–Crippen MR) is 51.6 cm³/mol. The molecule has 0 aromatic heterocycles. The molecule has 0 aliphatic carbocycles. The summed E-state index contributed by atoms with van der Waals surface area (Å²) in [5.74, 6) is 0. The van der Waals surface area contributed by atoms with Crippen LogP contribution < -0.4 is 4.72 Å². The number of hydrogen-bond acceptors (Lipinski definition) is 2. The summed E-state index contributed by atoms with van der Waals surface area (Å²) < 4.78 is 25.2. The molecule has 0 aromatic rings. The van der Waals surface area contributed by atoms with Gasteiger partial charge in [-0.15, -0.1) is 0 Å². The Morgan fingerprint density at radius 1 is 1.33 bits per heavy atom. The van der Waals surface area contributed by atoms with Crippen molar-refractivity contribution in [1.29, 1.82) is 0 Å². The Balaban J connectivity index is 3.88. The van der Waals surface area contributed by atoms with Crippen molar-refractivity contribution in [1.82, 2.24) is 4.72 Å². The molecule has 1 unspecified atom stereocenters. The number of nitrogens with one attached hydrogen (secondary N) is 1. The first kappa shape index (κ1) is 11.9. The van der Waals surface area contributed by atoms with Gasteiger partial charge in [-0.1, -0.05) is 20.3 Å². The van der Waals surface area contributed by atoms with Gasteiger partial charge in [-0.2, -0.15) is 0 Å². The molecule has 0 bridgehead atoms. The van der Waals surface area contributed by atoms with Gasteiger partial charge in [-0.25, -0.2) is 13.1 Å². The molecular weight excluding hydrogens is 174 g/mol. The van der Waals surface area contributed by atoms with Crippen LogP contribution in [0.3, 0.4) is 0 Å². The summed E-state index contributed by atoms with van der Waals surface area (Å²) in [6.07, 6.45) is 2.60. The van der Waals surface area contributed by atoms with Gasteiger partial charge in [-0.05, 0) is 19.8 Å². The van der Waals surface area contributed by atoms with Crippen molar-refractivity contribution in [2.45, 2.75) is 45.3 Å². The third kappa shape index (κ3) is 4.07. The first-order chi connectivity index (χ1) is 5.54. The van der Waals surface area contributed by atoms with Crippen LogP contribution in [-0.2, 0) is 10.0 Å². The highest BCUT2D eigenvalue weighted by molar-refractivity contribution is 7.90. The fourth-order valence-electron chi connectivity index (χ4n) is 0.753. The van der Waals surface area contributed by atoms with Crippen LogP contribution in [0.25, 0.3) is 0 Å². The smallest absolute Gasteiger partial charge is 0.214 e. The maximum absolute atomic E-state index is 11.3. The average molecular weight is 193 g/mol. The van der Waals surface area contributed by atoms with E-state index < -0.39 is 10.0 Å². The molecule has 1 N–H and O–H groups in total. The van der Waals surface area contributed by atoms with Gasteiger partial charge in [0.15, 0.2) is 0 Å². The second-order valence-electron chi connectivity index (χ2n) is 3.01. The van der Waals surface area contributed by atoms with Crippen molar-refractivity contribution in [2.75, 3.05) is 6.54 Å². The molecule has 0 aliphatic rings. The van der Waals surface area contributed by atoms with E-state index in [1.807, 2.05) is 13.8 Å². The van der Waals surface area contributed by atoms with E-state index in [0.29, 0.717) is 13.0 Å². The zero-order chi connectivity index (χ0) is 9.61. The Bertz CT molecular complexity index is 199. The zero-order valence-electron chi connectivity index (χ0n) is 8.13. The van der Waals surface area contributed by atoms with Gasteiger partial charge in [0.2, 0.25) is 10.0 Å². The Morgan fingerprint density at radius 3 is 2.33 bits per heavy atom. The summed E-state index contributed by atoms with van der Waals surface area (Å²) in [7, 11) is -3.03. The van der Waals surface area contributed by atoms with Crippen molar-refractivity contribution in [3.8, 4) is 0 Å². The topological polar surface area (TPSA) is 46.2 Å². The minimum atomic E-state index is -3.03. The number of unbranched alkanes of at least 4 members (excludes halogenated alkanes) is 1. The van der Waals surface area contributed by atoms with Crippen molar-refractivity contribution in [3.05, 3.63) is 0 Å². The number of sulfonamides is 1. The molecule has 0 radical (unpaired) electrons. The lowest BCUT2D eigenvalue weighted by molar-refractivity contribution is 0.563. The highest BCUT2D eigenvalue weighted by Gasteiger charge is 2.16.